The van der Waals surface area contributed by atoms with Crippen LogP contribution in [0.5, 0.6) is 5.75 Å². The van der Waals surface area contributed by atoms with Gasteiger partial charge < -0.3 is 15.4 Å². The normalized spacial score (nSPS) is 13.6. The van der Waals surface area contributed by atoms with Crippen LogP contribution in [0.2, 0.25) is 0 Å². The number of nitrogens with one attached hydrogen (secondary N) is 2. The van der Waals surface area contributed by atoms with Crippen molar-refractivity contribution in [3.63, 3.8) is 0 Å². The fourth-order valence-electron chi connectivity index (χ4n) is 2.71. The number of rotatable bonds is 3. The van der Waals surface area contributed by atoms with E-state index in [0.29, 0.717) is 0 Å². The first kappa shape index (κ1) is 13.5. The lowest BCUT2D eigenvalue weighted by atomic mass is 10.1. The molecule has 21 heavy (non-hydrogen) atoms. The molecule has 0 spiro atoms. The number of urea groups is 1. The molecule has 0 radical (unpaired) electrons. The Balaban J connectivity index is 1.58. The molecule has 2 aromatic rings. The molecule has 108 valence electrons. The van der Waals surface area contributed by atoms with Crippen molar-refractivity contribution in [3.8, 4) is 5.75 Å². The van der Waals surface area contributed by atoms with E-state index in [9.17, 15) is 4.79 Å². The first-order chi connectivity index (χ1) is 10.2. The number of anilines is 1. The summed E-state index contributed by atoms with van der Waals surface area (Å²) in [5.41, 5.74) is 3.37. The summed E-state index contributed by atoms with van der Waals surface area (Å²) in [4.78, 5) is 12.1. The summed E-state index contributed by atoms with van der Waals surface area (Å²) < 4.78 is 5.14. The zero-order chi connectivity index (χ0) is 14.7. The van der Waals surface area contributed by atoms with E-state index in [1.165, 1.54) is 11.1 Å². The number of ether oxygens (including phenoxy) is 1. The van der Waals surface area contributed by atoms with Gasteiger partial charge in [-0.3, -0.25) is 0 Å². The second kappa shape index (κ2) is 5.87. The number of fused-ring (bicyclic) bond motifs is 1. The number of hydrogen-bond donors (Lipinski definition) is 2. The highest BCUT2D eigenvalue weighted by molar-refractivity contribution is 5.89. The first-order valence-corrected chi connectivity index (χ1v) is 7.03. The molecule has 3 rings (SSSR count). The van der Waals surface area contributed by atoms with Gasteiger partial charge in [0.25, 0.3) is 0 Å². The Morgan fingerprint density at radius 3 is 2.48 bits per heavy atom. The minimum absolute atomic E-state index is 0.160. The Labute approximate surface area is 124 Å². The Kier molecular flexibility index (Phi) is 3.77. The van der Waals surface area contributed by atoms with Crippen LogP contribution in [0.3, 0.4) is 0 Å². The van der Waals surface area contributed by atoms with Gasteiger partial charge in [-0.05, 0) is 36.1 Å². The number of methoxy groups -OCH3 is 1. The molecule has 0 saturated carbocycles. The third-order valence-electron chi connectivity index (χ3n) is 3.71. The average molecular weight is 282 g/mol. The quantitative estimate of drug-likeness (QED) is 0.909. The van der Waals surface area contributed by atoms with Crippen LogP contribution in [-0.4, -0.2) is 19.2 Å². The van der Waals surface area contributed by atoms with E-state index in [2.05, 4.69) is 22.8 Å². The molecule has 1 aliphatic rings. The topological polar surface area (TPSA) is 50.4 Å². The maximum Gasteiger partial charge on any atom is 0.319 e. The lowest BCUT2D eigenvalue weighted by Crippen LogP contribution is -2.38. The molecule has 0 aliphatic heterocycles. The molecule has 0 unspecified atom stereocenters. The van der Waals surface area contributed by atoms with Gasteiger partial charge in [-0.25, -0.2) is 4.79 Å². The van der Waals surface area contributed by atoms with Crippen LogP contribution in [0.25, 0.3) is 0 Å². The molecule has 0 saturated heterocycles. The second-order valence-electron chi connectivity index (χ2n) is 5.20. The number of amides is 2. The smallest absolute Gasteiger partial charge is 0.319 e. The van der Waals surface area contributed by atoms with E-state index in [-0.39, 0.29) is 12.1 Å². The monoisotopic (exact) mass is 282 g/mol. The number of hydrogen-bond acceptors (Lipinski definition) is 2. The molecule has 4 nitrogen and oxygen atoms in total. The highest BCUT2D eigenvalue weighted by Crippen LogP contribution is 2.22. The summed E-state index contributed by atoms with van der Waals surface area (Å²) in [7, 11) is 1.61. The molecule has 2 amide bonds. The molecule has 4 heteroatoms. The Morgan fingerprint density at radius 2 is 1.81 bits per heavy atom. The van der Waals surface area contributed by atoms with Crippen LogP contribution in [0.4, 0.5) is 10.5 Å². The molecule has 0 atom stereocenters. The summed E-state index contributed by atoms with van der Waals surface area (Å²) in [6.45, 7) is 0. The fourth-order valence-corrected chi connectivity index (χ4v) is 2.71. The van der Waals surface area contributed by atoms with Crippen molar-refractivity contribution in [2.45, 2.75) is 18.9 Å². The summed E-state index contributed by atoms with van der Waals surface area (Å²) in [5, 5.41) is 5.86. The van der Waals surface area contributed by atoms with Crippen molar-refractivity contribution in [1.29, 1.82) is 0 Å². The van der Waals surface area contributed by atoms with Crippen molar-refractivity contribution in [2.24, 2.45) is 0 Å². The largest absolute Gasteiger partial charge is 0.497 e. The molecule has 1 aliphatic carbocycles. The molecular formula is C17H18N2O2. The van der Waals surface area contributed by atoms with Crippen molar-refractivity contribution < 1.29 is 9.53 Å². The van der Waals surface area contributed by atoms with Crippen LogP contribution >= 0.6 is 0 Å². The van der Waals surface area contributed by atoms with E-state index in [0.717, 1.165) is 24.3 Å². The highest BCUT2D eigenvalue weighted by atomic mass is 16.5. The van der Waals surface area contributed by atoms with Gasteiger partial charge in [0.05, 0.1) is 7.11 Å². The Hall–Kier alpha value is -2.49. The fraction of sp³-hybridized carbons (Fsp3) is 0.235. The van der Waals surface area contributed by atoms with E-state index < -0.39 is 0 Å². The summed E-state index contributed by atoms with van der Waals surface area (Å²) in [6, 6.07) is 15.6. The predicted molar refractivity (Wildman–Crippen MR) is 82.8 cm³/mol. The minimum atomic E-state index is -0.180. The van der Waals surface area contributed by atoms with Gasteiger partial charge >= 0.3 is 6.03 Å². The maximum absolute atomic E-state index is 12.1. The SMILES string of the molecule is COc1cccc(NC(=O)NC2Cc3ccccc3C2)c1. The van der Waals surface area contributed by atoms with Gasteiger partial charge in [0.15, 0.2) is 0 Å². The van der Waals surface area contributed by atoms with Crippen molar-refractivity contribution in [2.75, 3.05) is 12.4 Å². The maximum atomic E-state index is 12.1. The molecule has 2 aromatic carbocycles. The second-order valence-corrected chi connectivity index (χ2v) is 5.20. The number of carbonyl (C=O) groups is 1. The standard InChI is InChI=1S/C17H18N2O2/c1-21-16-8-4-7-14(11-16)18-17(20)19-15-9-12-5-2-3-6-13(12)10-15/h2-8,11,15H,9-10H2,1H3,(H2,18,19,20). The third kappa shape index (κ3) is 3.16. The van der Waals surface area contributed by atoms with Gasteiger partial charge in [0.1, 0.15) is 5.75 Å². The van der Waals surface area contributed by atoms with Gasteiger partial charge in [-0.2, -0.15) is 0 Å². The van der Waals surface area contributed by atoms with E-state index in [1.807, 2.05) is 30.3 Å². The van der Waals surface area contributed by atoms with Gasteiger partial charge in [-0.1, -0.05) is 30.3 Å². The van der Waals surface area contributed by atoms with Gasteiger partial charge in [0.2, 0.25) is 0 Å². The zero-order valence-electron chi connectivity index (χ0n) is 11.9. The van der Waals surface area contributed by atoms with Crippen molar-refractivity contribution >= 4 is 11.7 Å². The van der Waals surface area contributed by atoms with Crippen molar-refractivity contribution in [3.05, 3.63) is 59.7 Å². The molecule has 0 aromatic heterocycles. The van der Waals surface area contributed by atoms with E-state index in [4.69, 9.17) is 4.74 Å². The van der Waals surface area contributed by atoms with E-state index >= 15 is 0 Å². The van der Waals surface area contributed by atoms with Crippen LogP contribution in [0.15, 0.2) is 48.5 Å². The summed E-state index contributed by atoms with van der Waals surface area (Å²) in [5.74, 6) is 0.723. The van der Waals surface area contributed by atoms with Crippen LogP contribution in [-0.2, 0) is 12.8 Å². The number of benzene rings is 2. The van der Waals surface area contributed by atoms with Gasteiger partial charge in [0, 0.05) is 17.8 Å². The molecule has 0 bridgehead atoms. The number of carbonyl (C=O) groups excluding carboxylic acids is 1. The lowest BCUT2D eigenvalue weighted by Gasteiger charge is -2.13. The summed E-state index contributed by atoms with van der Waals surface area (Å²) in [6.07, 6.45) is 1.78. The molecular weight excluding hydrogens is 264 g/mol. The van der Waals surface area contributed by atoms with Crippen LogP contribution in [0.1, 0.15) is 11.1 Å². The molecule has 0 fully saturated rings. The molecule has 0 heterocycles. The average Bonchev–Trinajstić information content (AvgIpc) is 2.89. The zero-order valence-corrected chi connectivity index (χ0v) is 11.9. The predicted octanol–water partition coefficient (Wildman–Crippen LogP) is 2.98. The van der Waals surface area contributed by atoms with Crippen LogP contribution in [0, 0.1) is 0 Å². The van der Waals surface area contributed by atoms with Crippen LogP contribution < -0.4 is 15.4 Å². The van der Waals surface area contributed by atoms with Crippen molar-refractivity contribution in [1.82, 2.24) is 5.32 Å². The first-order valence-electron chi connectivity index (χ1n) is 7.03. The lowest BCUT2D eigenvalue weighted by molar-refractivity contribution is 0.249. The third-order valence-corrected chi connectivity index (χ3v) is 3.71. The molecule has 2 N–H and O–H groups in total. The Morgan fingerprint density at radius 1 is 1.10 bits per heavy atom. The van der Waals surface area contributed by atoms with E-state index in [1.54, 1.807) is 13.2 Å². The highest BCUT2D eigenvalue weighted by Gasteiger charge is 2.22. The Bertz CT molecular complexity index is 630. The van der Waals surface area contributed by atoms with Gasteiger partial charge in [-0.15, -0.1) is 0 Å². The minimum Gasteiger partial charge on any atom is -0.497 e. The summed E-state index contributed by atoms with van der Waals surface area (Å²) >= 11 is 0.